The molecule has 0 atom stereocenters. The maximum Gasteiger partial charge on any atom is 0.282 e. The third kappa shape index (κ3) is 2.65. The van der Waals surface area contributed by atoms with Gasteiger partial charge >= 0.3 is 0 Å². The van der Waals surface area contributed by atoms with Crippen molar-refractivity contribution in [2.75, 3.05) is 0 Å². The molecule has 1 aromatic carbocycles. The van der Waals surface area contributed by atoms with E-state index in [1.807, 2.05) is 6.07 Å². The number of nitrogens with zero attached hydrogens (tertiary/aromatic N) is 4. The summed E-state index contributed by atoms with van der Waals surface area (Å²) in [4.78, 5) is 20.9. The molecule has 0 spiro atoms. The Kier molecular flexibility index (Phi) is 4.09. The number of fused-ring (bicyclic) bond motifs is 1. The fourth-order valence-electron chi connectivity index (χ4n) is 2.41. The number of aliphatic hydroxyl groups is 1. The molecule has 0 fully saturated rings. The number of pyridine rings is 1. The van der Waals surface area contributed by atoms with Crippen molar-refractivity contribution in [3.8, 4) is 5.75 Å². The topological polar surface area (TPSA) is 101 Å². The first-order valence-electron chi connectivity index (χ1n) is 7.34. The number of aromatic hydroxyl groups is 1. The normalized spacial score (nSPS) is 11.5. The molecule has 0 aliphatic rings. The SMILES string of the molecule is Cc1ncc(CO)c(/C=N/n2c(C)nc3ccccc3c2=O)c1O. The van der Waals surface area contributed by atoms with E-state index in [9.17, 15) is 15.0 Å². The maximum atomic E-state index is 12.6. The standard InChI is InChI=1S/C17H16N4O3/c1-10-16(23)14(12(9-22)7-18-10)8-19-21-11(2)20-15-6-4-3-5-13(15)17(21)24/h3-8,22-23H,9H2,1-2H3/b19-8+. The Morgan fingerprint density at radius 1 is 1.29 bits per heavy atom. The van der Waals surface area contributed by atoms with Gasteiger partial charge in [0.1, 0.15) is 11.6 Å². The van der Waals surface area contributed by atoms with Crippen LogP contribution in [0.25, 0.3) is 10.9 Å². The van der Waals surface area contributed by atoms with Crippen LogP contribution in [-0.4, -0.2) is 31.1 Å². The van der Waals surface area contributed by atoms with Crippen molar-refractivity contribution < 1.29 is 10.2 Å². The van der Waals surface area contributed by atoms with Crippen LogP contribution in [0.3, 0.4) is 0 Å². The van der Waals surface area contributed by atoms with Crippen LogP contribution < -0.4 is 5.56 Å². The van der Waals surface area contributed by atoms with Gasteiger partial charge in [-0.05, 0) is 26.0 Å². The fourth-order valence-corrected chi connectivity index (χ4v) is 2.41. The van der Waals surface area contributed by atoms with E-state index in [2.05, 4.69) is 15.1 Å². The average molecular weight is 324 g/mol. The van der Waals surface area contributed by atoms with E-state index in [-0.39, 0.29) is 17.9 Å². The summed E-state index contributed by atoms with van der Waals surface area (Å²) in [6.07, 6.45) is 2.80. The first-order chi connectivity index (χ1) is 11.5. The number of hydrogen-bond acceptors (Lipinski definition) is 6. The minimum absolute atomic E-state index is 0.0789. The average Bonchev–Trinajstić information content (AvgIpc) is 2.58. The molecule has 0 radical (unpaired) electrons. The van der Waals surface area contributed by atoms with Gasteiger partial charge in [0.15, 0.2) is 0 Å². The number of rotatable bonds is 3. The fraction of sp³-hybridized carbons (Fsp3) is 0.176. The lowest BCUT2D eigenvalue weighted by atomic mass is 10.1. The molecule has 0 unspecified atom stereocenters. The Hall–Kier alpha value is -3.06. The zero-order valence-electron chi connectivity index (χ0n) is 13.3. The Balaban J connectivity index is 2.16. The van der Waals surface area contributed by atoms with Crippen molar-refractivity contribution in [2.45, 2.75) is 20.5 Å². The van der Waals surface area contributed by atoms with Crippen LogP contribution in [0.1, 0.15) is 22.6 Å². The number of aliphatic hydroxyl groups excluding tert-OH is 1. The molecule has 3 aromatic rings. The summed E-state index contributed by atoms with van der Waals surface area (Å²) >= 11 is 0. The molecule has 2 aromatic heterocycles. The van der Waals surface area contributed by atoms with Gasteiger partial charge < -0.3 is 10.2 Å². The molecule has 0 aliphatic heterocycles. The second kappa shape index (κ2) is 6.21. The van der Waals surface area contributed by atoms with Crippen molar-refractivity contribution >= 4 is 17.1 Å². The summed E-state index contributed by atoms with van der Waals surface area (Å²) in [6, 6.07) is 7.02. The Bertz CT molecular complexity index is 1010. The summed E-state index contributed by atoms with van der Waals surface area (Å²) in [7, 11) is 0. The van der Waals surface area contributed by atoms with Crippen LogP contribution in [0.4, 0.5) is 0 Å². The number of aryl methyl sites for hydroxylation is 2. The van der Waals surface area contributed by atoms with E-state index in [4.69, 9.17) is 0 Å². The molecule has 2 heterocycles. The van der Waals surface area contributed by atoms with E-state index in [1.54, 1.807) is 32.0 Å². The summed E-state index contributed by atoms with van der Waals surface area (Å²) < 4.78 is 1.17. The summed E-state index contributed by atoms with van der Waals surface area (Å²) in [5, 5.41) is 24.1. The number of hydrogen-bond donors (Lipinski definition) is 2. The third-order valence-corrected chi connectivity index (χ3v) is 3.75. The highest BCUT2D eigenvalue weighted by atomic mass is 16.3. The zero-order valence-corrected chi connectivity index (χ0v) is 13.3. The van der Waals surface area contributed by atoms with Gasteiger partial charge in [-0.15, -0.1) is 0 Å². The quantitative estimate of drug-likeness (QED) is 0.711. The third-order valence-electron chi connectivity index (χ3n) is 3.75. The van der Waals surface area contributed by atoms with E-state index in [0.717, 1.165) is 0 Å². The second-order valence-electron chi connectivity index (χ2n) is 5.33. The highest BCUT2D eigenvalue weighted by Gasteiger charge is 2.11. The molecule has 0 aliphatic carbocycles. The van der Waals surface area contributed by atoms with Gasteiger partial charge in [-0.3, -0.25) is 9.78 Å². The highest BCUT2D eigenvalue weighted by Crippen LogP contribution is 2.22. The Morgan fingerprint density at radius 3 is 2.79 bits per heavy atom. The molecule has 7 heteroatoms. The van der Waals surface area contributed by atoms with Gasteiger partial charge in [-0.2, -0.15) is 9.78 Å². The zero-order chi connectivity index (χ0) is 17.3. The lowest BCUT2D eigenvalue weighted by Crippen LogP contribution is -2.20. The van der Waals surface area contributed by atoms with Crippen LogP contribution in [0, 0.1) is 13.8 Å². The molecule has 0 saturated carbocycles. The van der Waals surface area contributed by atoms with Crippen LogP contribution in [0.2, 0.25) is 0 Å². The number of aromatic nitrogens is 3. The maximum absolute atomic E-state index is 12.6. The predicted octanol–water partition coefficient (Wildman–Crippen LogP) is 1.49. The minimum atomic E-state index is -0.301. The van der Waals surface area contributed by atoms with Gasteiger partial charge in [0.2, 0.25) is 0 Å². The summed E-state index contributed by atoms with van der Waals surface area (Å²) in [6.45, 7) is 3.02. The van der Waals surface area contributed by atoms with E-state index in [1.165, 1.54) is 17.1 Å². The monoisotopic (exact) mass is 324 g/mol. The smallest absolute Gasteiger partial charge is 0.282 e. The molecule has 0 saturated heterocycles. The molecular weight excluding hydrogens is 308 g/mol. The van der Waals surface area contributed by atoms with E-state index in [0.29, 0.717) is 33.5 Å². The largest absolute Gasteiger partial charge is 0.505 e. The predicted molar refractivity (Wildman–Crippen MR) is 90.3 cm³/mol. The lowest BCUT2D eigenvalue weighted by Gasteiger charge is -2.08. The molecule has 24 heavy (non-hydrogen) atoms. The first kappa shape index (κ1) is 15.8. The van der Waals surface area contributed by atoms with Gasteiger partial charge in [-0.1, -0.05) is 12.1 Å². The van der Waals surface area contributed by atoms with Gasteiger partial charge in [-0.25, -0.2) is 4.98 Å². The van der Waals surface area contributed by atoms with Crippen molar-refractivity contribution in [2.24, 2.45) is 5.10 Å². The molecular formula is C17H16N4O3. The summed E-state index contributed by atoms with van der Waals surface area (Å²) in [5.41, 5.74) is 1.45. The summed E-state index contributed by atoms with van der Waals surface area (Å²) in [5.74, 6) is 0.343. The Morgan fingerprint density at radius 2 is 2.04 bits per heavy atom. The molecule has 7 nitrogen and oxygen atoms in total. The van der Waals surface area contributed by atoms with Gasteiger partial charge in [0.05, 0.1) is 29.4 Å². The molecule has 0 amide bonds. The van der Waals surface area contributed by atoms with Crippen molar-refractivity contribution in [1.29, 1.82) is 0 Å². The van der Waals surface area contributed by atoms with Crippen LogP contribution in [0.5, 0.6) is 5.75 Å². The van der Waals surface area contributed by atoms with E-state index < -0.39 is 0 Å². The van der Waals surface area contributed by atoms with E-state index >= 15 is 0 Å². The lowest BCUT2D eigenvalue weighted by molar-refractivity contribution is 0.280. The highest BCUT2D eigenvalue weighted by molar-refractivity contribution is 5.86. The van der Waals surface area contributed by atoms with Crippen LogP contribution in [-0.2, 0) is 6.61 Å². The van der Waals surface area contributed by atoms with Crippen LogP contribution in [0.15, 0.2) is 40.4 Å². The van der Waals surface area contributed by atoms with Crippen LogP contribution >= 0.6 is 0 Å². The van der Waals surface area contributed by atoms with Gasteiger partial charge in [0.25, 0.3) is 5.56 Å². The second-order valence-corrected chi connectivity index (χ2v) is 5.33. The molecule has 122 valence electrons. The van der Waals surface area contributed by atoms with Crippen molar-refractivity contribution in [1.82, 2.24) is 14.6 Å². The van der Waals surface area contributed by atoms with Crippen molar-refractivity contribution in [3.05, 3.63) is 63.5 Å². The molecule has 2 N–H and O–H groups in total. The number of benzene rings is 1. The molecule has 0 bridgehead atoms. The van der Waals surface area contributed by atoms with Crippen molar-refractivity contribution in [3.63, 3.8) is 0 Å². The first-order valence-corrected chi connectivity index (χ1v) is 7.34. The number of para-hydroxylation sites is 1. The minimum Gasteiger partial charge on any atom is -0.505 e. The Labute approximate surface area is 137 Å². The van der Waals surface area contributed by atoms with Gasteiger partial charge in [0, 0.05) is 17.3 Å². The molecule has 3 rings (SSSR count).